The SMILES string of the molecule is CCCNC(CC1CCCCC1)C1CN(C(C)C)CCO1. The molecule has 0 spiro atoms. The molecule has 0 amide bonds. The third-order valence-corrected chi connectivity index (χ3v) is 5.27. The van der Waals surface area contributed by atoms with E-state index in [9.17, 15) is 0 Å². The van der Waals surface area contributed by atoms with Crippen LogP contribution in [0.1, 0.15) is 65.7 Å². The number of nitrogens with zero attached hydrogens (tertiary/aromatic N) is 1. The molecule has 1 N–H and O–H groups in total. The molecule has 1 saturated carbocycles. The van der Waals surface area contributed by atoms with E-state index >= 15 is 0 Å². The van der Waals surface area contributed by atoms with E-state index in [0.717, 1.165) is 32.2 Å². The fourth-order valence-electron chi connectivity index (χ4n) is 3.89. The van der Waals surface area contributed by atoms with Crippen molar-refractivity contribution in [2.24, 2.45) is 5.92 Å². The first-order valence-electron chi connectivity index (χ1n) is 9.29. The number of nitrogens with one attached hydrogen (secondary N) is 1. The second kappa shape index (κ2) is 9.12. The van der Waals surface area contributed by atoms with Gasteiger partial charge in [-0.25, -0.2) is 0 Å². The Morgan fingerprint density at radius 2 is 1.95 bits per heavy atom. The first-order chi connectivity index (χ1) is 10.2. The van der Waals surface area contributed by atoms with Crippen LogP contribution in [0.15, 0.2) is 0 Å². The van der Waals surface area contributed by atoms with Gasteiger partial charge in [-0.15, -0.1) is 0 Å². The van der Waals surface area contributed by atoms with Crippen LogP contribution in [0, 0.1) is 5.92 Å². The van der Waals surface area contributed by atoms with Gasteiger partial charge in [0.2, 0.25) is 0 Å². The van der Waals surface area contributed by atoms with Crippen molar-refractivity contribution in [3.05, 3.63) is 0 Å². The van der Waals surface area contributed by atoms with E-state index in [2.05, 4.69) is 31.0 Å². The number of ether oxygens (including phenoxy) is 1. The molecular formula is C18H36N2O. The molecule has 3 heteroatoms. The molecule has 2 atom stereocenters. The lowest BCUT2D eigenvalue weighted by atomic mass is 9.83. The van der Waals surface area contributed by atoms with Crippen molar-refractivity contribution in [2.45, 2.75) is 83.9 Å². The highest BCUT2D eigenvalue weighted by atomic mass is 16.5. The van der Waals surface area contributed by atoms with Gasteiger partial charge in [0.15, 0.2) is 0 Å². The molecule has 2 rings (SSSR count). The van der Waals surface area contributed by atoms with Gasteiger partial charge in [-0.05, 0) is 39.2 Å². The minimum Gasteiger partial charge on any atom is -0.374 e. The van der Waals surface area contributed by atoms with Gasteiger partial charge in [0.25, 0.3) is 0 Å². The Bertz CT molecular complexity index is 276. The zero-order valence-corrected chi connectivity index (χ0v) is 14.4. The third kappa shape index (κ3) is 5.54. The summed E-state index contributed by atoms with van der Waals surface area (Å²) in [5.74, 6) is 0.922. The fraction of sp³-hybridized carbons (Fsp3) is 1.00. The molecule has 1 heterocycles. The molecule has 2 aliphatic rings. The van der Waals surface area contributed by atoms with E-state index in [4.69, 9.17) is 4.74 Å². The van der Waals surface area contributed by atoms with Crippen molar-refractivity contribution < 1.29 is 4.74 Å². The van der Waals surface area contributed by atoms with Crippen molar-refractivity contribution in [2.75, 3.05) is 26.2 Å². The second-order valence-corrected chi connectivity index (χ2v) is 7.30. The molecule has 1 aliphatic carbocycles. The third-order valence-electron chi connectivity index (χ3n) is 5.27. The monoisotopic (exact) mass is 296 g/mol. The number of hydrogen-bond acceptors (Lipinski definition) is 3. The number of hydrogen-bond donors (Lipinski definition) is 1. The average Bonchev–Trinajstić information content (AvgIpc) is 2.52. The molecule has 21 heavy (non-hydrogen) atoms. The molecule has 3 nitrogen and oxygen atoms in total. The minimum atomic E-state index is 0.384. The molecule has 2 fully saturated rings. The van der Waals surface area contributed by atoms with Crippen molar-refractivity contribution in [3.63, 3.8) is 0 Å². The molecule has 0 radical (unpaired) electrons. The first kappa shape index (κ1) is 17.2. The summed E-state index contributed by atoms with van der Waals surface area (Å²) >= 11 is 0. The number of morpholine rings is 1. The topological polar surface area (TPSA) is 24.5 Å². The van der Waals surface area contributed by atoms with Crippen LogP contribution in [0.4, 0.5) is 0 Å². The highest BCUT2D eigenvalue weighted by Crippen LogP contribution is 2.29. The summed E-state index contributed by atoms with van der Waals surface area (Å²) in [6.45, 7) is 11.1. The van der Waals surface area contributed by atoms with E-state index in [1.54, 1.807) is 0 Å². The molecule has 0 bridgehead atoms. The summed E-state index contributed by atoms with van der Waals surface area (Å²) in [7, 11) is 0. The van der Waals surface area contributed by atoms with Gasteiger partial charge in [-0.3, -0.25) is 4.90 Å². The Morgan fingerprint density at radius 3 is 2.62 bits per heavy atom. The van der Waals surface area contributed by atoms with Gasteiger partial charge in [-0.1, -0.05) is 39.0 Å². The highest BCUT2D eigenvalue weighted by molar-refractivity contribution is 4.86. The zero-order chi connectivity index (χ0) is 15.1. The van der Waals surface area contributed by atoms with Crippen molar-refractivity contribution in [1.82, 2.24) is 10.2 Å². The van der Waals surface area contributed by atoms with Crippen molar-refractivity contribution >= 4 is 0 Å². The molecule has 0 aromatic heterocycles. The molecule has 124 valence electrons. The summed E-state index contributed by atoms with van der Waals surface area (Å²) in [4.78, 5) is 2.58. The van der Waals surface area contributed by atoms with E-state index < -0.39 is 0 Å². The largest absolute Gasteiger partial charge is 0.374 e. The minimum absolute atomic E-state index is 0.384. The van der Waals surface area contributed by atoms with Gasteiger partial charge in [0.1, 0.15) is 0 Å². The van der Waals surface area contributed by atoms with Crippen LogP contribution in [0.3, 0.4) is 0 Å². The Kier molecular flexibility index (Phi) is 7.48. The summed E-state index contributed by atoms with van der Waals surface area (Å²) in [5.41, 5.74) is 0. The predicted molar refractivity (Wildman–Crippen MR) is 89.7 cm³/mol. The summed E-state index contributed by atoms with van der Waals surface area (Å²) in [5, 5.41) is 3.79. The standard InChI is InChI=1S/C18H36N2O/c1-4-10-19-17(13-16-8-6-5-7-9-16)18-14-20(15(2)3)11-12-21-18/h15-19H,4-14H2,1-3H3. The Labute approximate surface area is 131 Å². The normalized spacial score (nSPS) is 27.1. The predicted octanol–water partition coefficient (Wildman–Crippen LogP) is 3.43. The maximum Gasteiger partial charge on any atom is 0.0855 e. The van der Waals surface area contributed by atoms with Gasteiger partial charge in [-0.2, -0.15) is 0 Å². The van der Waals surface area contributed by atoms with E-state index in [0.29, 0.717) is 18.2 Å². The Morgan fingerprint density at radius 1 is 1.19 bits per heavy atom. The van der Waals surface area contributed by atoms with Gasteiger partial charge in [0.05, 0.1) is 12.7 Å². The summed E-state index contributed by atoms with van der Waals surface area (Å²) in [6, 6.07) is 1.19. The lowest BCUT2D eigenvalue weighted by molar-refractivity contribution is -0.0592. The molecule has 0 aromatic rings. The molecule has 0 aromatic carbocycles. The van der Waals surface area contributed by atoms with E-state index in [1.807, 2.05) is 0 Å². The average molecular weight is 296 g/mol. The van der Waals surface area contributed by atoms with Gasteiger partial charge < -0.3 is 10.1 Å². The fourth-order valence-corrected chi connectivity index (χ4v) is 3.89. The maximum absolute atomic E-state index is 6.15. The quantitative estimate of drug-likeness (QED) is 0.779. The maximum atomic E-state index is 6.15. The second-order valence-electron chi connectivity index (χ2n) is 7.30. The number of rotatable bonds is 7. The molecule has 1 aliphatic heterocycles. The van der Waals surface area contributed by atoms with Gasteiger partial charge in [0, 0.05) is 25.2 Å². The highest BCUT2D eigenvalue weighted by Gasteiger charge is 2.30. The molecule has 2 unspecified atom stereocenters. The molecular weight excluding hydrogens is 260 g/mol. The molecule has 1 saturated heterocycles. The zero-order valence-electron chi connectivity index (χ0n) is 14.4. The van der Waals surface area contributed by atoms with E-state index in [-0.39, 0.29) is 0 Å². The van der Waals surface area contributed by atoms with Gasteiger partial charge >= 0.3 is 0 Å². The first-order valence-corrected chi connectivity index (χ1v) is 9.29. The summed E-state index contributed by atoms with van der Waals surface area (Å²) in [6.07, 6.45) is 10.1. The van der Waals surface area contributed by atoms with Crippen LogP contribution in [0.2, 0.25) is 0 Å². The van der Waals surface area contributed by atoms with Crippen LogP contribution in [0.25, 0.3) is 0 Å². The lowest BCUT2D eigenvalue weighted by Crippen LogP contribution is -2.54. The Hall–Kier alpha value is -0.120. The van der Waals surface area contributed by atoms with Crippen molar-refractivity contribution in [3.8, 4) is 0 Å². The van der Waals surface area contributed by atoms with Crippen LogP contribution in [0.5, 0.6) is 0 Å². The smallest absolute Gasteiger partial charge is 0.0855 e. The van der Waals surface area contributed by atoms with Crippen molar-refractivity contribution in [1.29, 1.82) is 0 Å². The van der Waals surface area contributed by atoms with E-state index in [1.165, 1.54) is 44.9 Å². The van der Waals surface area contributed by atoms with Crippen LogP contribution in [-0.4, -0.2) is 49.3 Å². The van der Waals surface area contributed by atoms with Crippen LogP contribution in [-0.2, 0) is 4.74 Å². The van der Waals surface area contributed by atoms with Crippen LogP contribution >= 0.6 is 0 Å². The summed E-state index contributed by atoms with van der Waals surface area (Å²) < 4.78 is 6.15. The van der Waals surface area contributed by atoms with Crippen LogP contribution < -0.4 is 5.32 Å². The lowest BCUT2D eigenvalue weighted by Gasteiger charge is -2.40. The Balaban J connectivity index is 1.90.